The molecule has 0 bridgehead atoms. The molecule has 0 aliphatic carbocycles. The molecule has 1 aliphatic heterocycles. The highest BCUT2D eigenvalue weighted by atomic mass is 16.5. The van der Waals surface area contributed by atoms with Gasteiger partial charge in [-0.25, -0.2) is 0 Å². The molecule has 7 heteroatoms. The van der Waals surface area contributed by atoms with E-state index < -0.39 is 0 Å². The van der Waals surface area contributed by atoms with Crippen LogP contribution in [-0.4, -0.2) is 58.4 Å². The van der Waals surface area contributed by atoms with Gasteiger partial charge in [0.25, 0.3) is 0 Å². The average Bonchev–Trinajstić information content (AvgIpc) is 2.91. The van der Waals surface area contributed by atoms with Crippen LogP contribution >= 0.6 is 0 Å². The number of carbonyl (C=O) groups excluding carboxylic acids is 1. The molecule has 0 saturated carbocycles. The molecular formula is C32H48N2O5. The van der Waals surface area contributed by atoms with Gasteiger partial charge in [-0.15, -0.1) is 0 Å². The first-order chi connectivity index (χ1) is 18.7. The number of benzene rings is 2. The average molecular weight is 541 g/mol. The normalized spacial score (nSPS) is 15.1. The number of amides is 1. The molecule has 0 spiro atoms. The fourth-order valence-electron chi connectivity index (χ4n) is 5.34. The summed E-state index contributed by atoms with van der Waals surface area (Å²) < 4.78 is 22.4. The largest absolute Gasteiger partial charge is 0.493 e. The summed E-state index contributed by atoms with van der Waals surface area (Å²) in [6.45, 7) is 13.0. The van der Waals surface area contributed by atoms with Gasteiger partial charge >= 0.3 is 0 Å². The van der Waals surface area contributed by atoms with Crippen LogP contribution in [0, 0.1) is 0 Å². The maximum absolute atomic E-state index is 13.7. The highest BCUT2D eigenvalue weighted by Gasteiger charge is 2.26. The van der Waals surface area contributed by atoms with Crippen LogP contribution in [0.3, 0.4) is 0 Å². The number of carbonyl (C=O) groups is 1. The van der Waals surface area contributed by atoms with E-state index in [0.29, 0.717) is 23.7 Å². The zero-order valence-electron chi connectivity index (χ0n) is 25.0. The Morgan fingerprint density at radius 1 is 1.00 bits per heavy atom. The van der Waals surface area contributed by atoms with Crippen LogP contribution < -0.4 is 19.5 Å². The fraction of sp³-hybridized carbons (Fsp3) is 0.594. The van der Waals surface area contributed by atoms with E-state index in [1.165, 1.54) is 5.56 Å². The van der Waals surface area contributed by atoms with Gasteiger partial charge in [-0.2, -0.15) is 0 Å². The molecule has 0 aromatic heterocycles. The topological polar surface area (TPSA) is 69.3 Å². The summed E-state index contributed by atoms with van der Waals surface area (Å²) in [6.07, 6.45) is 4.51. The number of unbranched alkanes of at least 4 members (excludes halogenated alkanes) is 2. The van der Waals surface area contributed by atoms with Crippen molar-refractivity contribution in [2.24, 2.45) is 0 Å². The number of anilines is 1. The first-order valence-corrected chi connectivity index (χ1v) is 14.2. The molecule has 7 nitrogen and oxygen atoms in total. The van der Waals surface area contributed by atoms with E-state index in [4.69, 9.17) is 18.9 Å². The van der Waals surface area contributed by atoms with Crippen molar-refractivity contribution in [3.05, 3.63) is 47.0 Å². The van der Waals surface area contributed by atoms with Gasteiger partial charge < -0.3 is 24.3 Å². The van der Waals surface area contributed by atoms with E-state index in [1.807, 2.05) is 12.1 Å². The van der Waals surface area contributed by atoms with E-state index in [9.17, 15) is 4.79 Å². The zero-order chi connectivity index (χ0) is 28.4. The highest BCUT2D eigenvalue weighted by Crippen LogP contribution is 2.44. The van der Waals surface area contributed by atoms with Crippen molar-refractivity contribution in [3.63, 3.8) is 0 Å². The Bertz CT molecular complexity index is 1070. The van der Waals surface area contributed by atoms with Crippen molar-refractivity contribution in [2.75, 3.05) is 52.9 Å². The molecule has 2 aromatic carbocycles. The lowest BCUT2D eigenvalue weighted by molar-refractivity contribution is -0.116. The third-order valence-corrected chi connectivity index (χ3v) is 7.44. The molecule has 1 fully saturated rings. The zero-order valence-corrected chi connectivity index (χ0v) is 25.0. The Hall–Kier alpha value is -2.77. The minimum atomic E-state index is -0.104. The number of nitrogens with one attached hydrogen (secondary N) is 1. The van der Waals surface area contributed by atoms with Gasteiger partial charge in [-0.3, -0.25) is 9.69 Å². The van der Waals surface area contributed by atoms with Crippen LogP contribution in [0.2, 0.25) is 0 Å². The van der Waals surface area contributed by atoms with Gasteiger partial charge in [-0.1, -0.05) is 65.2 Å². The Labute approximate surface area is 235 Å². The van der Waals surface area contributed by atoms with Crippen LogP contribution in [0.5, 0.6) is 17.2 Å². The predicted octanol–water partition coefficient (Wildman–Crippen LogP) is 6.53. The van der Waals surface area contributed by atoms with Crippen LogP contribution in [0.15, 0.2) is 30.3 Å². The Balaban J connectivity index is 1.88. The van der Waals surface area contributed by atoms with Crippen LogP contribution in [0.25, 0.3) is 0 Å². The molecule has 216 valence electrons. The summed E-state index contributed by atoms with van der Waals surface area (Å²) in [4.78, 5) is 16.0. The van der Waals surface area contributed by atoms with Gasteiger partial charge in [0.1, 0.15) is 0 Å². The van der Waals surface area contributed by atoms with Gasteiger partial charge in [0.2, 0.25) is 11.7 Å². The van der Waals surface area contributed by atoms with E-state index in [0.717, 1.165) is 75.3 Å². The molecule has 1 unspecified atom stereocenters. The molecular weight excluding hydrogens is 492 g/mol. The number of hydrogen-bond donors (Lipinski definition) is 1. The summed E-state index contributed by atoms with van der Waals surface area (Å²) in [7, 11) is 4.86. The third-order valence-electron chi connectivity index (χ3n) is 7.44. The van der Waals surface area contributed by atoms with Crippen LogP contribution in [0.4, 0.5) is 5.69 Å². The van der Waals surface area contributed by atoms with Crippen LogP contribution in [0.1, 0.15) is 82.4 Å². The lowest BCUT2D eigenvalue weighted by Gasteiger charge is -2.28. The van der Waals surface area contributed by atoms with E-state index >= 15 is 0 Å². The van der Waals surface area contributed by atoms with Crippen molar-refractivity contribution >= 4 is 11.6 Å². The lowest BCUT2D eigenvalue weighted by Crippen LogP contribution is -2.35. The van der Waals surface area contributed by atoms with Gasteiger partial charge in [0.05, 0.1) is 34.5 Å². The molecule has 1 aliphatic rings. The molecule has 2 aromatic rings. The molecule has 39 heavy (non-hydrogen) atoms. The maximum Gasteiger partial charge on any atom is 0.224 e. The van der Waals surface area contributed by atoms with Crippen molar-refractivity contribution < 1.29 is 23.7 Å². The Morgan fingerprint density at radius 3 is 2.33 bits per heavy atom. The number of hydrogen-bond acceptors (Lipinski definition) is 6. The summed E-state index contributed by atoms with van der Waals surface area (Å²) in [5, 5.41) is 3.30. The predicted molar refractivity (Wildman–Crippen MR) is 157 cm³/mol. The summed E-state index contributed by atoms with van der Waals surface area (Å²) in [6, 6.07) is 10.4. The summed E-state index contributed by atoms with van der Waals surface area (Å²) in [5.74, 6) is 1.79. The van der Waals surface area contributed by atoms with Gasteiger partial charge in [-0.05, 0) is 41.0 Å². The number of morpholine rings is 1. The van der Waals surface area contributed by atoms with Gasteiger partial charge in [0, 0.05) is 37.3 Å². The number of ether oxygens (including phenoxy) is 4. The smallest absolute Gasteiger partial charge is 0.224 e. The molecule has 0 radical (unpaired) electrons. The summed E-state index contributed by atoms with van der Waals surface area (Å²) >= 11 is 0. The minimum absolute atomic E-state index is 0.00218. The first-order valence-electron chi connectivity index (χ1n) is 14.2. The molecule has 1 amide bonds. The standard InChI is InChI=1S/C32H48N2O5/c1-8-9-10-11-24(25-13-15-28(36-5)31(38-7)30(25)37-6)21-29(35)33-27-20-23(12-14-26(27)32(2,3)4)22-34-16-18-39-19-17-34/h12-15,20,24H,8-11,16-19,21-22H2,1-7H3,(H,33,35). The Kier molecular flexibility index (Phi) is 11.5. The minimum Gasteiger partial charge on any atom is -0.493 e. The third kappa shape index (κ3) is 8.36. The van der Waals surface area contributed by atoms with Crippen molar-refractivity contribution in [2.45, 2.75) is 77.7 Å². The second kappa shape index (κ2) is 14.6. The molecule has 3 rings (SSSR count). The molecule has 1 saturated heterocycles. The highest BCUT2D eigenvalue weighted by molar-refractivity contribution is 5.92. The van der Waals surface area contributed by atoms with Gasteiger partial charge in [0.15, 0.2) is 11.5 Å². The summed E-state index contributed by atoms with van der Waals surface area (Å²) in [5.41, 5.74) is 4.09. The van der Waals surface area contributed by atoms with Crippen molar-refractivity contribution in [1.29, 1.82) is 0 Å². The fourth-order valence-corrected chi connectivity index (χ4v) is 5.34. The molecule has 1 atom stereocenters. The second-order valence-electron chi connectivity index (χ2n) is 11.4. The number of methoxy groups -OCH3 is 3. The maximum atomic E-state index is 13.7. The van der Waals surface area contributed by atoms with E-state index in [2.05, 4.69) is 56.1 Å². The van der Waals surface area contributed by atoms with Crippen molar-refractivity contribution in [3.8, 4) is 17.2 Å². The first kappa shape index (κ1) is 30.8. The SMILES string of the molecule is CCCCCC(CC(=O)Nc1cc(CN2CCOCC2)ccc1C(C)(C)C)c1ccc(OC)c(OC)c1OC. The van der Waals surface area contributed by atoms with Crippen molar-refractivity contribution in [1.82, 2.24) is 4.90 Å². The van der Waals surface area contributed by atoms with E-state index in [1.54, 1.807) is 21.3 Å². The number of rotatable bonds is 13. The lowest BCUT2D eigenvalue weighted by atomic mass is 9.84. The quantitative estimate of drug-likeness (QED) is 0.291. The monoisotopic (exact) mass is 540 g/mol. The van der Waals surface area contributed by atoms with E-state index in [-0.39, 0.29) is 17.2 Å². The molecule has 1 heterocycles. The Morgan fingerprint density at radius 2 is 1.72 bits per heavy atom. The molecule has 1 N–H and O–H groups in total. The number of nitrogens with zero attached hydrogens (tertiary/aromatic N) is 1. The second-order valence-corrected chi connectivity index (χ2v) is 11.4. The van der Waals surface area contributed by atoms with Crippen LogP contribution in [-0.2, 0) is 21.5 Å².